The Morgan fingerprint density at radius 1 is 1.78 bits per heavy atom. The topological polar surface area (TPSA) is 33.6 Å². The lowest BCUT2D eigenvalue weighted by molar-refractivity contribution is 0.121. The van der Waals surface area contributed by atoms with Crippen LogP contribution in [-0.4, -0.2) is 13.8 Å². The van der Waals surface area contributed by atoms with Gasteiger partial charge >= 0.3 is 0 Å². The minimum absolute atomic E-state index is 0.688. The number of hydroxylamine groups is 1. The molecule has 50 valence electrons. The third-order valence-electron chi connectivity index (χ3n) is 0.670. The van der Waals surface area contributed by atoms with Crippen LogP contribution >= 0.6 is 0 Å². The second kappa shape index (κ2) is 5.05. The molecule has 0 spiro atoms. The first-order valence-corrected chi connectivity index (χ1v) is 2.42. The highest BCUT2D eigenvalue weighted by Crippen LogP contribution is 1.88. The van der Waals surface area contributed by atoms with E-state index in [0.717, 1.165) is 0 Å². The molecular weight excluding hydrogens is 116 g/mol. The van der Waals surface area contributed by atoms with Crippen LogP contribution in [0.2, 0.25) is 0 Å². The molecule has 0 aliphatic rings. The number of nitrogens with one attached hydrogen (secondary N) is 1. The van der Waals surface area contributed by atoms with Crippen LogP contribution in [0.3, 0.4) is 0 Å². The molecule has 0 heterocycles. The molecule has 0 radical (unpaired) electrons. The highest BCUT2D eigenvalue weighted by atomic mass is 16.6. The Hall–Kier alpha value is -1.09. The van der Waals surface area contributed by atoms with Crippen LogP contribution in [0.1, 0.15) is 0 Å². The molecule has 0 saturated carbocycles. The molecule has 9 heavy (non-hydrogen) atoms. The fraction of sp³-hybridized carbons (Fsp3) is 0.167. The van der Waals surface area contributed by atoms with Crippen molar-refractivity contribution in [3.8, 4) is 0 Å². The standard InChI is InChI=1S/C6H10N2O/c1-4-6(5-7-2)8-9-3/h4-5,8H,1-2H2,3H3/b6-5+. The van der Waals surface area contributed by atoms with Crippen LogP contribution in [0, 0.1) is 0 Å². The summed E-state index contributed by atoms with van der Waals surface area (Å²) in [5.41, 5.74) is 3.23. The number of nitrogens with zero attached hydrogens (tertiary/aromatic N) is 1. The van der Waals surface area contributed by atoms with Gasteiger partial charge in [0.1, 0.15) is 0 Å². The summed E-state index contributed by atoms with van der Waals surface area (Å²) in [6, 6.07) is 0. The molecule has 0 aliphatic heterocycles. The third-order valence-corrected chi connectivity index (χ3v) is 0.670. The van der Waals surface area contributed by atoms with E-state index in [0.29, 0.717) is 5.70 Å². The van der Waals surface area contributed by atoms with Crippen molar-refractivity contribution in [1.29, 1.82) is 0 Å². The predicted molar refractivity (Wildman–Crippen MR) is 38.0 cm³/mol. The summed E-state index contributed by atoms with van der Waals surface area (Å²) < 4.78 is 0. The minimum Gasteiger partial charge on any atom is -0.279 e. The average Bonchev–Trinajstić information content (AvgIpc) is 1.88. The van der Waals surface area contributed by atoms with Crippen molar-refractivity contribution in [1.82, 2.24) is 5.48 Å². The maximum absolute atomic E-state index is 4.57. The second-order valence-corrected chi connectivity index (χ2v) is 1.28. The van der Waals surface area contributed by atoms with E-state index in [1.54, 1.807) is 6.08 Å². The first-order valence-electron chi connectivity index (χ1n) is 2.42. The van der Waals surface area contributed by atoms with Gasteiger partial charge in [0.25, 0.3) is 0 Å². The van der Waals surface area contributed by atoms with Crippen molar-refractivity contribution in [3.05, 3.63) is 24.6 Å². The van der Waals surface area contributed by atoms with E-state index >= 15 is 0 Å². The summed E-state index contributed by atoms with van der Waals surface area (Å²) in [5, 5.41) is 0. The maximum Gasteiger partial charge on any atom is 0.0780 e. The first-order chi connectivity index (χ1) is 4.35. The summed E-state index contributed by atoms with van der Waals surface area (Å²) in [7, 11) is 1.51. The van der Waals surface area contributed by atoms with E-state index < -0.39 is 0 Å². The van der Waals surface area contributed by atoms with Gasteiger partial charge in [0.2, 0.25) is 0 Å². The fourth-order valence-electron chi connectivity index (χ4n) is 0.337. The molecule has 0 amide bonds. The average molecular weight is 126 g/mol. The molecular formula is C6H10N2O. The smallest absolute Gasteiger partial charge is 0.0780 e. The maximum atomic E-state index is 4.57. The second-order valence-electron chi connectivity index (χ2n) is 1.28. The Labute approximate surface area is 54.7 Å². The summed E-state index contributed by atoms with van der Waals surface area (Å²) >= 11 is 0. The molecule has 1 N–H and O–H groups in total. The Morgan fingerprint density at radius 3 is 2.78 bits per heavy atom. The molecule has 0 bridgehead atoms. The van der Waals surface area contributed by atoms with Crippen LogP contribution in [-0.2, 0) is 4.84 Å². The minimum atomic E-state index is 0.688. The van der Waals surface area contributed by atoms with Gasteiger partial charge < -0.3 is 0 Å². The van der Waals surface area contributed by atoms with E-state index in [1.165, 1.54) is 13.3 Å². The molecule has 0 rings (SSSR count). The third kappa shape index (κ3) is 3.49. The number of aliphatic imine (C=N–C) groups is 1. The van der Waals surface area contributed by atoms with Crippen molar-refractivity contribution in [2.24, 2.45) is 4.99 Å². The molecule has 0 aromatic carbocycles. The van der Waals surface area contributed by atoms with Crippen LogP contribution in [0.4, 0.5) is 0 Å². The quantitative estimate of drug-likeness (QED) is 0.344. The van der Waals surface area contributed by atoms with Crippen molar-refractivity contribution >= 4 is 6.72 Å². The van der Waals surface area contributed by atoms with Crippen LogP contribution in [0.25, 0.3) is 0 Å². The van der Waals surface area contributed by atoms with Gasteiger partial charge in [-0.15, -0.1) is 0 Å². The molecule has 0 unspecified atom stereocenters. The van der Waals surface area contributed by atoms with Gasteiger partial charge in [0.05, 0.1) is 19.0 Å². The zero-order valence-corrected chi connectivity index (χ0v) is 5.42. The summed E-state index contributed by atoms with van der Waals surface area (Å²) in [6.07, 6.45) is 3.09. The largest absolute Gasteiger partial charge is 0.279 e. The van der Waals surface area contributed by atoms with Gasteiger partial charge in [-0.1, -0.05) is 6.58 Å². The van der Waals surface area contributed by atoms with E-state index in [2.05, 4.69) is 28.6 Å². The summed E-state index contributed by atoms with van der Waals surface area (Å²) in [5.74, 6) is 0. The van der Waals surface area contributed by atoms with Crippen LogP contribution < -0.4 is 5.48 Å². The van der Waals surface area contributed by atoms with Crippen molar-refractivity contribution in [3.63, 3.8) is 0 Å². The molecule has 0 aromatic heterocycles. The lowest BCUT2D eigenvalue weighted by Crippen LogP contribution is -2.08. The van der Waals surface area contributed by atoms with E-state index in [4.69, 9.17) is 0 Å². The van der Waals surface area contributed by atoms with Crippen LogP contribution in [0.15, 0.2) is 29.5 Å². The molecule has 3 nitrogen and oxygen atoms in total. The molecule has 0 fully saturated rings. The highest BCUT2D eigenvalue weighted by molar-refractivity contribution is 5.27. The van der Waals surface area contributed by atoms with Gasteiger partial charge in [0.15, 0.2) is 0 Å². The van der Waals surface area contributed by atoms with E-state index in [9.17, 15) is 0 Å². The Morgan fingerprint density at radius 2 is 2.44 bits per heavy atom. The summed E-state index contributed by atoms with van der Waals surface area (Å²) in [6.45, 7) is 6.76. The van der Waals surface area contributed by atoms with Gasteiger partial charge in [0, 0.05) is 0 Å². The lowest BCUT2D eigenvalue weighted by Gasteiger charge is -1.99. The SMILES string of the molecule is C=C/C(=C\N=C)NOC. The van der Waals surface area contributed by atoms with Gasteiger partial charge in [-0.05, 0) is 12.8 Å². The number of allylic oxidation sites excluding steroid dienone is 1. The molecule has 0 saturated heterocycles. The van der Waals surface area contributed by atoms with Crippen LogP contribution in [0.5, 0.6) is 0 Å². The lowest BCUT2D eigenvalue weighted by atomic mass is 10.5. The normalized spacial score (nSPS) is 10.6. The zero-order valence-electron chi connectivity index (χ0n) is 5.42. The number of hydrogen-bond donors (Lipinski definition) is 1. The van der Waals surface area contributed by atoms with Gasteiger partial charge in [-0.25, -0.2) is 0 Å². The molecule has 0 atom stereocenters. The van der Waals surface area contributed by atoms with Gasteiger partial charge in [-0.3, -0.25) is 15.3 Å². The zero-order chi connectivity index (χ0) is 7.11. The molecule has 0 aromatic rings. The fourth-order valence-corrected chi connectivity index (χ4v) is 0.337. The Balaban J connectivity index is 3.80. The van der Waals surface area contributed by atoms with Crippen molar-refractivity contribution in [2.45, 2.75) is 0 Å². The number of hydrogen-bond acceptors (Lipinski definition) is 3. The van der Waals surface area contributed by atoms with E-state index in [1.807, 2.05) is 0 Å². The first kappa shape index (κ1) is 7.91. The summed E-state index contributed by atoms with van der Waals surface area (Å²) in [4.78, 5) is 8.07. The van der Waals surface area contributed by atoms with E-state index in [-0.39, 0.29) is 0 Å². The number of rotatable bonds is 4. The monoisotopic (exact) mass is 126 g/mol. The molecule has 0 aliphatic carbocycles. The molecule has 3 heteroatoms. The van der Waals surface area contributed by atoms with Crippen molar-refractivity contribution in [2.75, 3.05) is 7.11 Å². The Bertz CT molecular complexity index is 129. The highest BCUT2D eigenvalue weighted by Gasteiger charge is 1.82. The van der Waals surface area contributed by atoms with Gasteiger partial charge in [-0.2, -0.15) is 0 Å². The Kier molecular flexibility index (Phi) is 4.44. The van der Waals surface area contributed by atoms with Crippen molar-refractivity contribution < 1.29 is 4.84 Å². The predicted octanol–water partition coefficient (Wildman–Crippen LogP) is 0.865.